The summed E-state index contributed by atoms with van der Waals surface area (Å²) >= 11 is 0. The average Bonchev–Trinajstić information content (AvgIpc) is 3.53. The lowest BCUT2D eigenvalue weighted by atomic mass is 10.0. The van der Waals surface area contributed by atoms with Crippen LogP contribution >= 0.6 is 0 Å². The summed E-state index contributed by atoms with van der Waals surface area (Å²) in [5.74, 6) is -0.719. The molecule has 2 aromatic rings. The third kappa shape index (κ3) is 3.09. The van der Waals surface area contributed by atoms with Gasteiger partial charge in [-0.05, 0) is 55.9 Å². The molecule has 146 valence electrons. The monoisotopic (exact) mass is 378 g/mol. The van der Waals surface area contributed by atoms with E-state index in [-0.39, 0.29) is 5.91 Å². The van der Waals surface area contributed by atoms with Gasteiger partial charge in [-0.15, -0.1) is 0 Å². The third-order valence-electron chi connectivity index (χ3n) is 5.82. The molecule has 1 spiro atoms. The Hall–Kier alpha value is -2.37. The fourth-order valence-corrected chi connectivity index (χ4v) is 4.01. The molecule has 0 unspecified atom stereocenters. The van der Waals surface area contributed by atoms with Crippen molar-refractivity contribution in [3.63, 3.8) is 0 Å². The Morgan fingerprint density at radius 2 is 1.86 bits per heavy atom. The number of nitrogens with one attached hydrogen (secondary N) is 1. The minimum Gasteiger partial charge on any atom is -0.381 e. The Labute approximate surface area is 165 Å². The van der Waals surface area contributed by atoms with Crippen molar-refractivity contribution in [2.24, 2.45) is 5.92 Å². The van der Waals surface area contributed by atoms with Gasteiger partial charge in [0.05, 0.1) is 18.9 Å². The number of rotatable bonds is 5. The van der Waals surface area contributed by atoms with E-state index in [1.54, 1.807) is 0 Å². The average molecular weight is 378 g/mol. The third-order valence-corrected chi connectivity index (χ3v) is 5.82. The topological polar surface area (TPSA) is 50.8 Å². The van der Waals surface area contributed by atoms with Gasteiger partial charge in [-0.2, -0.15) is 0 Å². The summed E-state index contributed by atoms with van der Waals surface area (Å²) < 4.78 is 12.0. The van der Waals surface area contributed by atoms with Gasteiger partial charge in [0.15, 0.2) is 0 Å². The van der Waals surface area contributed by atoms with Gasteiger partial charge in [0.1, 0.15) is 0 Å². The van der Waals surface area contributed by atoms with Gasteiger partial charge in [0, 0.05) is 24.3 Å². The van der Waals surface area contributed by atoms with E-state index >= 15 is 0 Å². The van der Waals surface area contributed by atoms with Crippen molar-refractivity contribution in [3.8, 4) is 0 Å². The number of nitrogens with zero attached hydrogens (tertiary/aromatic N) is 1. The van der Waals surface area contributed by atoms with Crippen molar-refractivity contribution < 1.29 is 14.3 Å². The first kappa shape index (κ1) is 17.7. The van der Waals surface area contributed by atoms with Crippen LogP contribution in [0.15, 0.2) is 42.5 Å². The van der Waals surface area contributed by atoms with Gasteiger partial charge >= 0.3 is 0 Å². The number of carbonyl (C=O) groups excluding carboxylic acids is 1. The summed E-state index contributed by atoms with van der Waals surface area (Å²) in [6, 6.07) is 14.6. The SMILES string of the molecule is Cc1ccc(CNc2ccc3c(c2)C2(OCCCO2)C(=O)N3CC2CC2)cc1. The van der Waals surface area contributed by atoms with Crippen LogP contribution in [0.2, 0.25) is 0 Å². The molecule has 1 saturated heterocycles. The van der Waals surface area contributed by atoms with Crippen molar-refractivity contribution in [1.82, 2.24) is 0 Å². The highest BCUT2D eigenvalue weighted by Gasteiger charge is 2.55. The highest BCUT2D eigenvalue weighted by molar-refractivity contribution is 6.06. The van der Waals surface area contributed by atoms with Crippen LogP contribution in [0, 0.1) is 12.8 Å². The number of fused-ring (bicyclic) bond motifs is 2. The summed E-state index contributed by atoms with van der Waals surface area (Å²) in [6.07, 6.45) is 3.21. The van der Waals surface area contributed by atoms with Gasteiger partial charge in [-0.3, -0.25) is 4.79 Å². The first-order chi connectivity index (χ1) is 13.7. The maximum absolute atomic E-state index is 13.3. The molecular weight excluding hydrogens is 352 g/mol. The number of carbonyl (C=O) groups is 1. The van der Waals surface area contributed by atoms with E-state index in [2.05, 4.69) is 36.5 Å². The normalized spacial score (nSPS) is 20.5. The van der Waals surface area contributed by atoms with Crippen LogP contribution in [-0.2, 0) is 26.6 Å². The molecule has 0 aromatic heterocycles. The maximum atomic E-state index is 13.3. The van der Waals surface area contributed by atoms with E-state index in [1.807, 2.05) is 23.1 Å². The highest BCUT2D eigenvalue weighted by Crippen LogP contribution is 2.47. The van der Waals surface area contributed by atoms with E-state index in [9.17, 15) is 4.79 Å². The largest absolute Gasteiger partial charge is 0.381 e. The molecule has 2 fully saturated rings. The summed E-state index contributed by atoms with van der Waals surface area (Å²) in [6.45, 7) is 4.67. The van der Waals surface area contributed by atoms with Gasteiger partial charge in [-0.1, -0.05) is 29.8 Å². The maximum Gasteiger partial charge on any atom is 0.292 e. The lowest BCUT2D eigenvalue weighted by Crippen LogP contribution is -2.47. The predicted octanol–water partition coefficient (Wildman–Crippen LogP) is 3.95. The predicted molar refractivity (Wildman–Crippen MR) is 108 cm³/mol. The molecule has 3 aliphatic rings. The molecule has 5 heteroatoms. The number of anilines is 2. The van der Waals surface area contributed by atoms with Crippen molar-refractivity contribution in [1.29, 1.82) is 0 Å². The van der Waals surface area contributed by atoms with Crippen LogP contribution in [0.1, 0.15) is 36.0 Å². The Morgan fingerprint density at radius 3 is 2.57 bits per heavy atom. The molecule has 2 heterocycles. The fourth-order valence-electron chi connectivity index (χ4n) is 4.01. The zero-order valence-electron chi connectivity index (χ0n) is 16.2. The quantitative estimate of drug-likeness (QED) is 0.856. The number of aryl methyl sites for hydroxylation is 1. The van der Waals surface area contributed by atoms with Crippen LogP contribution in [0.3, 0.4) is 0 Å². The van der Waals surface area contributed by atoms with Gasteiger partial charge in [-0.25, -0.2) is 0 Å². The van der Waals surface area contributed by atoms with Crippen LogP contribution in [0.4, 0.5) is 11.4 Å². The lowest BCUT2D eigenvalue weighted by Gasteiger charge is -2.32. The van der Waals surface area contributed by atoms with Gasteiger partial charge in [0.25, 0.3) is 11.7 Å². The summed E-state index contributed by atoms with van der Waals surface area (Å²) in [5, 5.41) is 3.47. The number of amides is 1. The smallest absolute Gasteiger partial charge is 0.292 e. The standard InChI is InChI=1S/C23H26N2O3/c1-16-3-5-17(6-4-16)14-24-19-9-10-21-20(13-19)23(27-11-2-12-28-23)22(26)25(21)15-18-7-8-18/h3-6,9-10,13,18,24H,2,7-8,11-12,14-15H2,1H3. The fraction of sp³-hybridized carbons (Fsp3) is 0.435. The van der Waals surface area contributed by atoms with E-state index in [1.165, 1.54) is 24.0 Å². The van der Waals surface area contributed by atoms with E-state index in [0.717, 1.165) is 36.4 Å². The second-order valence-electron chi connectivity index (χ2n) is 8.10. The second-order valence-corrected chi connectivity index (χ2v) is 8.10. The number of ether oxygens (including phenoxy) is 2. The van der Waals surface area contributed by atoms with Gasteiger partial charge < -0.3 is 19.7 Å². The van der Waals surface area contributed by atoms with Crippen LogP contribution < -0.4 is 10.2 Å². The summed E-state index contributed by atoms with van der Waals surface area (Å²) in [4.78, 5) is 15.2. The van der Waals surface area contributed by atoms with Crippen molar-refractivity contribution in [2.45, 2.75) is 38.5 Å². The zero-order chi connectivity index (χ0) is 19.1. The molecular formula is C23H26N2O3. The van der Waals surface area contributed by atoms with Crippen molar-refractivity contribution >= 4 is 17.3 Å². The van der Waals surface area contributed by atoms with E-state index < -0.39 is 5.79 Å². The second kappa shape index (κ2) is 6.90. The molecule has 28 heavy (non-hydrogen) atoms. The summed E-state index contributed by atoms with van der Waals surface area (Å²) in [7, 11) is 0. The summed E-state index contributed by atoms with van der Waals surface area (Å²) in [5.41, 5.74) is 5.21. The lowest BCUT2D eigenvalue weighted by molar-refractivity contribution is -0.256. The molecule has 1 saturated carbocycles. The van der Waals surface area contributed by atoms with Crippen molar-refractivity contribution in [2.75, 3.05) is 30.0 Å². The molecule has 1 N–H and O–H groups in total. The van der Waals surface area contributed by atoms with E-state index in [0.29, 0.717) is 19.1 Å². The first-order valence-electron chi connectivity index (χ1n) is 10.2. The van der Waals surface area contributed by atoms with Crippen LogP contribution in [0.25, 0.3) is 0 Å². The molecule has 5 nitrogen and oxygen atoms in total. The molecule has 0 radical (unpaired) electrons. The molecule has 0 atom stereocenters. The molecule has 2 aliphatic heterocycles. The van der Waals surface area contributed by atoms with Crippen LogP contribution in [0.5, 0.6) is 0 Å². The minimum absolute atomic E-state index is 0.0650. The highest BCUT2D eigenvalue weighted by atomic mass is 16.7. The van der Waals surface area contributed by atoms with Gasteiger partial charge in [0.2, 0.25) is 0 Å². The Bertz CT molecular complexity index is 883. The van der Waals surface area contributed by atoms with Crippen LogP contribution in [-0.4, -0.2) is 25.7 Å². The minimum atomic E-state index is -1.26. The first-order valence-corrected chi connectivity index (χ1v) is 10.2. The molecule has 0 bridgehead atoms. The molecule has 2 aromatic carbocycles. The molecule has 5 rings (SSSR count). The molecule has 1 aliphatic carbocycles. The zero-order valence-corrected chi connectivity index (χ0v) is 16.2. The Kier molecular flexibility index (Phi) is 4.37. The number of hydrogen-bond acceptors (Lipinski definition) is 4. The van der Waals surface area contributed by atoms with Crippen molar-refractivity contribution in [3.05, 3.63) is 59.2 Å². The van der Waals surface area contributed by atoms with E-state index in [4.69, 9.17) is 9.47 Å². The number of benzene rings is 2. The molecule has 1 amide bonds. The Morgan fingerprint density at radius 1 is 1.11 bits per heavy atom. The number of hydrogen-bond donors (Lipinski definition) is 1. The Balaban J connectivity index is 1.43.